The molecule has 142 valence electrons. The molecule has 3 aromatic carbocycles. The van der Waals surface area contributed by atoms with Crippen molar-refractivity contribution in [2.45, 2.75) is 12.6 Å². The lowest BCUT2D eigenvalue weighted by Crippen LogP contribution is -2.19. The molecule has 0 aliphatic carbocycles. The highest BCUT2D eigenvalue weighted by Crippen LogP contribution is 2.35. The largest absolute Gasteiger partial charge is 0.416 e. The Morgan fingerprint density at radius 3 is 1.71 bits per heavy atom. The fraction of sp³-hybridized carbons (Fsp3) is 0.167. The molecule has 0 bridgehead atoms. The van der Waals surface area contributed by atoms with Crippen molar-refractivity contribution >= 4 is 5.57 Å². The molecule has 1 aliphatic heterocycles. The number of nitrogens with one attached hydrogen (secondary N) is 1. The summed E-state index contributed by atoms with van der Waals surface area (Å²) in [5.74, 6) is 0. The SMILES string of the molecule is FC(F)(F)c1ccc(-c2ccccc2-c2ccc(C3=CCNCC3)cc2)cc1. The third-order valence-corrected chi connectivity index (χ3v) is 5.08. The summed E-state index contributed by atoms with van der Waals surface area (Å²) < 4.78 is 38.5. The predicted octanol–water partition coefficient (Wildman–Crippen LogP) is 6.42. The molecule has 0 saturated carbocycles. The van der Waals surface area contributed by atoms with Crippen molar-refractivity contribution in [3.63, 3.8) is 0 Å². The van der Waals surface area contributed by atoms with Gasteiger partial charge < -0.3 is 5.32 Å². The molecule has 0 saturated heterocycles. The lowest BCUT2D eigenvalue weighted by molar-refractivity contribution is -0.137. The van der Waals surface area contributed by atoms with Gasteiger partial charge in [0.1, 0.15) is 0 Å². The summed E-state index contributed by atoms with van der Waals surface area (Å²) in [6, 6.07) is 21.6. The van der Waals surface area contributed by atoms with E-state index < -0.39 is 11.7 Å². The van der Waals surface area contributed by atoms with E-state index in [1.807, 2.05) is 24.3 Å². The van der Waals surface area contributed by atoms with Gasteiger partial charge in [0, 0.05) is 6.54 Å². The summed E-state index contributed by atoms with van der Waals surface area (Å²) in [6.07, 6.45) is -1.09. The Labute approximate surface area is 162 Å². The molecule has 0 aromatic heterocycles. The van der Waals surface area contributed by atoms with Gasteiger partial charge in [0.15, 0.2) is 0 Å². The van der Waals surface area contributed by atoms with Gasteiger partial charge in [-0.3, -0.25) is 0 Å². The van der Waals surface area contributed by atoms with E-state index in [1.165, 1.54) is 23.3 Å². The van der Waals surface area contributed by atoms with Crippen LogP contribution in [0.3, 0.4) is 0 Å². The second-order valence-electron chi connectivity index (χ2n) is 6.88. The van der Waals surface area contributed by atoms with Crippen LogP contribution in [0.2, 0.25) is 0 Å². The molecule has 0 radical (unpaired) electrons. The maximum atomic E-state index is 12.8. The first-order chi connectivity index (χ1) is 13.5. The van der Waals surface area contributed by atoms with Crippen LogP contribution in [0, 0.1) is 0 Å². The first-order valence-electron chi connectivity index (χ1n) is 9.29. The molecule has 0 atom stereocenters. The highest BCUT2D eigenvalue weighted by Gasteiger charge is 2.30. The Kier molecular flexibility index (Phi) is 5.05. The number of hydrogen-bond acceptors (Lipinski definition) is 1. The van der Waals surface area contributed by atoms with Gasteiger partial charge in [-0.2, -0.15) is 13.2 Å². The first kappa shape index (κ1) is 18.5. The van der Waals surface area contributed by atoms with E-state index in [1.54, 1.807) is 0 Å². The van der Waals surface area contributed by atoms with E-state index in [2.05, 4.69) is 35.7 Å². The van der Waals surface area contributed by atoms with Gasteiger partial charge in [0.25, 0.3) is 0 Å². The average molecular weight is 379 g/mol. The Balaban J connectivity index is 1.67. The molecule has 0 spiro atoms. The van der Waals surface area contributed by atoms with Gasteiger partial charge in [-0.1, -0.05) is 66.7 Å². The molecule has 3 aromatic rings. The zero-order valence-electron chi connectivity index (χ0n) is 15.3. The molecule has 0 fully saturated rings. The van der Waals surface area contributed by atoms with Crippen molar-refractivity contribution in [2.75, 3.05) is 13.1 Å². The monoisotopic (exact) mass is 379 g/mol. The van der Waals surface area contributed by atoms with Crippen molar-refractivity contribution in [1.29, 1.82) is 0 Å². The second-order valence-corrected chi connectivity index (χ2v) is 6.88. The standard InChI is InChI=1S/C24H20F3N/c25-24(26,27)21-11-9-20(10-12-21)23-4-2-1-3-22(23)19-7-5-17(6-8-19)18-13-15-28-16-14-18/h1-13,28H,14-16H2. The van der Waals surface area contributed by atoms with Gasteiger partial charge in [-0.05, 0) is 58.5 Å². The zero-order valence-corrected chi connectivity index (χ0v) is 15.3. The molecule has 1 heterocycles. The minimum Gasteiger partial charge on any atom is -0.313 e. The van der Waals surface area contributed by atoms with E-state index in [-0.39, 0.29) is 0 Å². The fourth-order valence-electron chi connectivity index (χ4n) is 3.57. The molecule has 0 unspecified atom stereocenters. The van der Waals surface area contributed by atoms with Crippen molar-refractivity contribution < 1.29 is 13.2 Å². The van der Waals surface area contributed by atoms with Gasteiger partial charge in [0.2, 0.25) is 0 Å². The predicted molar refractivity (Wildman–Crippen MR) is 108 cm³/mol. The van der Waals surface area contributed by atoms with Crippen molar-refractivity contribution in [3.8, 4) is 22.3 Å². The average Bonchev–Trinajstić information content (AvgIpc) is 2.74. The molecular formula is C24H20F3N. The highest BCUT2D eigenvalue weighted by molar-refractivity contribution is 5.84. The van der Waals surface area contributed by atoms with Crippen LogP contribution in [0.25, 0.3) is 27.8 Å². The van der Waals surface area contributed by atoms with Gasteiger partial charge >= 0.3 is 6.18 Å². The van der Waals surface area contributed by atoms with E-state index in [0.29, 0.717) is 0 Å². The van der Waals surface area contributed by atoms with Crippen LogP contribution in [0.5, 0.6) is 0 Å². The van der Waals surface area contributed by atoms with Crippen LogP contribution in [-0.4, -0.2) is 13.1 Å². The minimum absolute atomic E-state index is 0.631. The number of alkyl halides is 3. The normalized spacial score (nSPS) is 14.6. The highest BCUT2D eigenvalue weighted by atomic mass is 19.4. The van der Waals surface area contributed by atoms with Crippen LogP contribution in [0.1, 0.15) is 17.5 Å². The second kappa shape index (κ2) is 7.64. The molecule has 1 aliphatic rings. The summed E-state index contributed by atoms with van der Waals surface area (Å²) in [7, 11) is 0. The molecule has 1 nitrogen and oxygen atoms in total. The number of halogens is 3. The van der Waals surface area contributed by atoms with E-state index >= 15 is 0 Å². The maximum Gasteiger partial charge on any atom is 0.416 e. The van der Waals surface area contributed by atoms with Crippen LogP contribution in [-0.2, 0) is 6.18 Å². The smallest absolute Gasteiger partial charge is 0.313 e. The number of benzene rings is 3. The lowest BCUT2D eigenvalue weighted by Gasteiger charge is -2.15. The molecular weight excluding hydrogens is 359 g/mol. The lowest BCUT2D eigenvalue weighted by atomic mass is 9.92. The molecule has 4 rings (SSSR count). The van der Waals surface area contributed by atoms with Crippen LogP contribution in [0.4, 0.5) is 13.2 Å². The summed E-state index contributed by atoms with van der Waals surface area (Å²) in [5, 5.41) is 3.31. The Hall–Kier alpha value is -2.85. The third-order valence-electron chi connectivity index (χ3n) is 5.08. The molecule has 1 N–H and O–H groups in total. The van der Waals surface area contributed by atoms with Crippen LogP contribution < -0.4 is 5.32 Å². The number of rotatable bonds is 3. The summed E-state index contributed by atoms with van der Waals surface area (Å²) >= 11 is 0. The molecule has 28 heavy (non-hydrogen) atoms. The van der Waals surface area contributed by atoms with Gasteiger partial charge in [0.05, 0.1) is 5.56 Å². The quantitative estimate of drug-likeness (QED) is 0.554. The molecule has 0 amide bonds. The third kappa shape index (κ3) is 3.87. The maximum absolute atomic E-state index is 12.8. The van der Waals surface area contributed by atoms with Crippen LogP contribution in [0.15, 0.2) is 78.9 Å². The van der Waals surface area contributed by atoms with Crippen molar-refractivity contribution in [2.24, 2.45) is 0 Å². The Morgan fingerprint density at radius 1 is 0.679 bits per heavy atom. The Bertz CT molecular complexity index is 984. The minimum atomic E-state index is -4.32. The first-order valence-corrected chi connectivity index (χ1v) is 9.29. The Morgan fingerprint density at radius 2 is 1.21 bits per heavy atom. The summed E-state index contributed by atoms with van der Waals surface area (Å²) in [6.45, 7) is 1.89. The topological polar surface area (TPSA) is 12.0 Å². The summed E-state index contributed by atoms with van der Waals surface area (Å²) in [4.78, 5) is 0. The van der Waals surface area contributed by atoms with E-state index in [4.69, 9.17) is 0 Å². The number of hydrogen-bond donors (Lipinski definition) is 1. The van der Waals surface area contributed by atoms with E-state index in [9.17, 15) is 13.2 Å². The van der Waals surface area contributed by atoms with E-state index in [0.717, 1.165) is 53.9 Å². The fourth-order valence-corrected chi connectivity index (χ4v) is 3.57. The van der Waals surface area contributed by atoms with Crippen LogP contribution >= 0.6 is 0 Å². The van der Waals surface area contributed by atoms with Gasteiger partial charge in [-0.15, -0.1) is 0 Å². The van der Waals surface area contributed by atoms with Crippen molar-refractivity contribution in [3.05, 3.63) is 90.0 Å². The van der Waals surface area contributed by atoms with Crippen molar-refractivity contribution in [1.82, 2.24) is 5.32 Å². The molecule has 4 heteroatoms. The summed E-state index contributed by atoms with van der Waals surface area (Å²) in [5.41, 5.74) is 5.69. The zero-order chi connectivity index (χ0) is 19.6. The van der Waals surface area contributed by atoms with Gasteiger partial charge in [-0.25, -0.2) is 0 Å².